The van der Waals surface area contributed by atoms with Gasteiger partial charge >= 0.3 is 0 Å². The number of rotatable bonds is 5. The van der Waals surface area contributed by atoms with Gasteiger partial charge in [0, 0.05) is 6.42 Å². The van der Waals surface area contributed by atoms with Crippen molar-refractivity contribution in [3.8, 4) is 0 Å². The fourth-order valence-electron chi connectivity index (χ4n) is 1.31. The Morgan fingerprint density at radius 2 is 2.07 bits per heavy atom. The van der Waals surface area contributed by atoms with Crippen molar-refractivity contribution in [3.63, 3.8) is 0 Å². The summed E-state index contributed by atoms with van der Waals surface area (Å²) in [4.78, 5) is 21.8. The lowest BCUT2D eigenvalue weighted by Gasteiger charge is -2.11. The van der Waals surface area contributed by atoms with Gasteiger partial charge in [-0.1, -0.05) is 37.3 Å². The minimum absolute atomic E-state index is 0.0944. The predicted molar refractivity (Wildman–Crippen MR) is 58.4 cm³/mol. The predicted octanol–water partition coefficient (Wildman–Crippen LogP) is 1.32. The maximum absolute atomic E-state index is 11.1. The van der Waals surface area contributed by atoms with Gasteiger partial charge < -0.3 is 10.1 Å². The summed E-state index contributed by atoms with van der Waals surface area (Å²) in [6, 6.07) is 9.21. The molecule has 1 amide bonds. The standard InChI is InChI=1S/C12H15NO2/c1-2-12(15)13-11(9-14)8-10-6-4-3-5-7-10/h3-7,9,11H,2,8H2,1H3,(H,13,15). The number of carbonyl (C=O) groups is 2. The lowest BCUT2D eigenvalue weighted by Crippen LogP contribution is -2.37. The van der Waals surface area contributed by atoms with Crippen molar-refractivity contribution in [2.45, 2.75) is 25.8 Å². The van der Waals surface area contributed by atoms with Crippen LogP contribution in [0.25, 0.3) is 0 Å². The molecule has 1 unspecified atom stereocenters. The van der Waals surface area contributed by atoms with Gasteiger partial charge in [0.25, 0.3) is 0 Å². The van der Waals surface area contributed by atoms with E-state index in [2.05, 4.69) is 5.32 Å². The monoisotopic (exact) mass is 205 g/mol. The quantitative estimate of drug-likeness (QED) is 0.737. The van der Waals surface area contributed by atoms with Gasteiger partial charge in [-0.25, -0.2) is 0 Å². The zero-order valence-electron chi connectivity index (χ0n) is 8.77. The van der Waals surface area contributed by atoms with E-state index in [-0.39, 0.29) is 5.91 Å². The molecule has 1 rings (SSSR count). The highest BCUT2D eigenvalue weighted by Crippen LogP contribution is 2.01. The van der Waals surface area contributed by atoms with Gasteiger partial charge in [0.05, 0.1) is 6.04 Å². The Kier molecular flexibility index (Phi) is 4.54. The maximum atomic E-state index is 11.1. The molecule has 3 nitrogen and oxygen atoms in total. The number of hydrogen-bond donors (Lipinski definition) is 1. The lowest BCUT2D eigenvalue weighted by molar-refractivity contribution is -0.123. The molecule has 0 saturated heterocycles. The van der Waals surface area contributed by atoms with E-state index in [0.717, 1.165) is 11.8 Å². The van der Waals surface area contributed by atoms with Gasteiger partial charge in [-0.05, 0) is 12.0 Å². The van der Waals surface area contributed by atoms with Gasteiger partial charge in [0.15, 0.2) is 0 Å². The van der Waals surface area contributed by atoms with Crippen LogP contribution in [0.15, 0.2) is 30.3 Å². The number of carbonyl (C=O) groups excluding carboxylic acids is 2. The Balaban J connectivity index is 2.54. The summed E-state index contributed by atoms with van der Waals surface area (Å²) >= 11 is 0. The molecule has 0 aromatic heterocycles. The minimum atomic E-state index is -0.417. The molecule has 0 fully saturated rings. The van der Waals surface area contributed by atoms with Crippen molar-refractivity contribution < 1.29 is 9.59 Å². The summed E-state index contributed by atoms with van der Waals surface area (Å²) in [5.74, 6) is -0.0944. The van der Waals surface area contributed by atoms with Crippen LogP contribution in [-0.2, 0) is 16.0 Å². The van der Waals surface area contributed by atoms with Gasteiger partial charge in [-0.2, -0.15) is 0 Å². The van der Waals surface area contributed by atoms with Crippen LogP contribution in [0.1, 0.15) is 18.9 Å². The second-order valence-corrected chi connectivity index (χ2v) is 3.35. The number of hydrogen-bond acceptors (Lipinski definition) is 2. The molecule has 1 atom stereocenters. The van der Waals surface area contributed by atoms with Crippen molar-refractivity contribution in [1.29, 1.82) is 0 Å². The maximum Gasteiger partial charge on any atom is 0.220 e. The third-order valence-corrected chi connectivity index (χ3v) is 2.13. The van der Waals surface area contributed by atoms with Crippen molar-refractivity contribution in [3.05, 3.63) is 35.9 Å². The van der Waals surface area contributed by atoms with Crippen LogP contribution in [0.4, 0.5) is 0 Å². The molecule has 0 radical (unpaired) electrons. The van der Waals surface area contributed by atoms with E-state index in [9.17, 15) is 9.59 Å². The van der Waals surface area contributed by atoms with Crippen LogP contribution in [0.2, 0.25) is 0 Å². The summed E-state index contributed by atoms with van der Waals surface area (Å²) in [7, 11) is 0. The average molecular weight is 205 g/mol. The molecule has 0 aliphatic rings. The molecule has 1 N–H and O–H groups in total. The highest BCUT2D eigenvalue weighted by atomic mass is 16.2. The Morgan fingerprint density at radius 1 is 1.40 bits per heavy atom. The first-order chi connectivity index (χ1) is 7.26. The Morgan fingerprint density at radius 3 is 2.60 bits per heavy atom. The molecule has 0 saturated carbocycles. The largest absolute Gasteiger partial charge is 0.346 e. The molecule has 0 heterocycles. The van der Waals surface area contributed by atoms with Crippen molar-refractivity contribution >= 4 is 12.2 Å². The number of nitrogens with one attached hydrogen (secondary N) is 1. The molecule has 80 valence electrons. The van der Waals surface area contributed by atoms with Gasteiger partial charge in [-0.15, -0.1) is 0 Å². The average Bonchev–Trinajstić information content (AvgIpc) is 2.29. The second kappa shape index (κ2) is 5.96. The highest BCUT2D eigenvalue weighted by molar-refractivity contribution is 5.79. The molecule has 1 aromatic carbocycles. The Hall–Kier alpha value is -1.64. The van der Waals surface area contributed by atoms with E-state index < -0.39 is 6.04 Å². The zero-order chi connectivity index (χ0) is 11.1. The van der Waals surface area contributed by atoms with E-state index in [0.29, 0.717) is 12.8 Å². The van der Waals surface area contributed by atoms with Crippen LogP contribution in [-0.4, -0.2) is 18.2 Å². The highest BCUT2D eigenvalue weighted by Gasteiger charge is 2.10. The molecule has 1 aromatic rings. The molecule has 15 heavy (non-hydrogen) atoms. The van der Waals surface area contributed by atoms with Gasteiger partial charge in [0.1, 0.15) is 6.29 Å². The van der Waals surface area contributed by atoms with Crippen LogP contribution >= 0.6 is 0 Å². The topological polar surface area (TPSA) is 46.2 Å². The van der Waals surface area contributed by atoms with E-state index in [1.807, 2.05) is 30.3 Å². The molecular formula is C12H15NO2. The van der Waals surface area contributed by atoms with Crippen molar-refractivity contribution in [2.75, 3.05) is 0 Å². The van der Waals surface area contributed by atoms with Crippen molar-refractivity contribution in [1.82, 2.24) is 5.32 Å². The lowest BCUT2D eigenvalue weighted by atomic mass is 10.1. The SMILES string of the molecule is CCC(=O)NC(C=O)Cc1ccccc1. The van der Waals surface area contributed by atoms with E-state index in [1.165, 1.54) is 0 Å². The summed E-state index contributed by atoms with van der Waals surface area (Å²) < 4.78 is 0. The van der Waals surface area contributed by atoms with E-state index in [4.69, 9.17) is 0 Å². The third kappa shape index (κ3) is 3.94. The molecule has 3 heteroatoms. The first-order valence-corrected chi connectivity index (χ1v) is 5.04. The van der Waals surface area contributed by atoms with Gasteiger partial charge in [-0.3, -0.25) is 4.79 Å². The van der Waals surface area contributed by atoms with Crippen molar-refractivity contribution in [2.24, 2.45) is 0 Å². The van der Waals surface area contributed by atoms with E-state index >= 15 is 0 Å². The Labute approximate surface area is 89.5 Å². The first-order valence-electron chi connectivity index (χ1n) is 5.04. The fraction of sp³-hybridized carbons (Fsp3) is 0.333. The smallest absolute Gasteiger partial charge is 0.220 e. The number of amides is 1. The molecular weight excluding hydrogens is 190 g/mol. The van der Waals surface area contributed by atoms with E-state index in [1.54, 1.807) is 6.92 Å². The summed E-state index contributed by atoms with van der Waals surface area (Å²) in [5.41, 5.74) is 1.05. The summed E-state index contributed by atoms with van der Waals surface area (Å²) in [6.45, 7) is 1.76. The van der Waals surface area contributed by atoms with Crippen LogP contribution < -0.4 is 5.32 Å². The second-order valence-electron chi connectivity index (χ2n) is 3.35. The van der Waals surface area contributed by atoms with Crippen LogP contribution in [0.5, 0.6) is 0 Å². The van der Waals surface area contributed by atoms with Gasteiger partial charge in [0.2, 0.25) is 5.91 Å². The third-order valence-electron chi connectivity index (χ3n) is 2.13. The minimum Gasteiger partial charge on any atom is -0.346 e. The molecule has 0 spiro atoms. The number of benzene rings is 1. The first kappa shape index (κ1) is 11.4. The zero-order valence-corrected chi connectivity index (χ0v) is 8.77. The normalized spacial score (nSPS) is 11.8. The summed E-state index contributed by atoms with van der Waals surface area (Å²) in [6.07, 6.45) is 1.73. The molecule has 0 aliphatic carbocycles. The Bertz CT molecular complexity index is 322. The fourth-order valence-corrected chi connectivity index (χ4v) is 1.31. The number of aldehydes is 1. The van der Waals surface area contributed by atoms with Crippen LogP contribution in [0.3, 0.4) is 0 Å². The molecule has 0 aliphatic heterocycles. The molecule has 0 bridgehead atoms. The summed E-state index contributed by atoms with van der Waals surface area (Å²) in [5, 5.41) is 2.66. The van der Waals surface area contributed by atoms with Crippen LogP contribution in [0, 0.1) is 0 Å².